The Balaban J connectivity index is 1.91. The topological polar surface area (TPSA) is 111 Å². The SMILES string of the molecule is CCN(CC)CCNC(=O)c1c(C)[nH]c(/C=C2\C(=O)Nc3ccc(S(=O)(=O)CC)cc32)c1C. The monoisotopic (exact) mass is 472 g/mol. The maximum Gasteiger partial charge on any atom is 0.256 e. The number of nitrogens with one attached hydrogen (secondary N) is 3. The molecule has 33 heavy (non-hydrogen) atoms. The normalized spacial score (nSPS) is 14.6. The van der Waals surface area contributed by atoms with Crippen molar-refractivity contribution in [3.05, 3.63) is 46.3 Å². The highest BCUT2D eigenvalue weighted by Gasteiger charge is 2.27. The van der Waals surface area contributed by atoms with Crippen LogP contribution in [0.15, 0.2) is 23.1 Å². The van der Waals surface area contributed by atoms with Crippen molar-refractivity contribution in [2.24, 2.45) is 0 Å². The van der Waals surface area contributed by atoms with Gasteiger partial charge in [-0.05, 0) is 56.8 Å². The molecule has 2 heterocycles. The molecule has 8 nitrogen and oxygen atoms in total. The van der Waals surface area contributed by atoms with Crippen LogP contribution in [0.4, 0.5) is 5.69 Å². The fourth-order valence-electron chi connectivity index (χ4n) is 4.03. The number of nitrogens with zero attached hydrogens (tertiary/aromatic N) is 1. The zero-order valence-electron chi connectivity index (χ0n) is 19.8. The molecule has 1 aromatic carbocycles. The molecule has 3 N–H and O–H groups in total. The van der Waals surface area contributed by atoms with Gasteiger partial charge in [-0.15, -0.1) is 0 Å². The Labute approximate surface area is 195 Å². The Bertz CT molecular complexity index is 1210. The number of sulfone groups is 1. The van der Waals surface area contributed by atoms with Gasteiger partial charge in [-0.25, -0.2) is 8.42 Å². The minimum atomic E-state index is -3.41. The van der Waals surface area contributed by atoms with Crippen LogP contribution in [0, 0.1) is 13.8 Å². The summed E-state index contributed by atoms with van der Waals surface area (Å²) >= 11 is 0. The average molecular weight is 473 g/mol. The summed E-state index contributed by atoms with van der Waals surface area (Å²) in [4.78, 5) is 31.1. The molecule has 0 saturated heterocycles. The third-order valence-electron chi connectivity index (χ3n) is 6.11. The minimum absolute atomic E-state index is 0.0200. The van der Waals surface area contributed by atoms with E-state index in [9.17, 15) is 18.0 Å². The van der Waals surface area contributed by atoms with Crippen LogP contribution in [0.2, 0.25) is 0 Å². The average Bonchev–Trinajstić information content (AvgIpc) is 3.25. The number of hydrogen-bond donors (Lipinski definition) is 3. The highest BCUT2D eigenvalue weighted by molar-refractivity contribution is 7.91. The summed E-state index contributed by atoms with van der Waals surface area (Å²) in [5.41, 5.74) is 4.10. The number of carbonyl (C=O) groups excluding carboxylic acids is 2. The first kappa shape index (κ1) is 24.7. The molecule has 0 aliphatic carbocycles. The lowest BCUT2D eigenvalue weighted by atomic mass is 10.0. The van der Waals surface area contributed by atoms with Gasteiger partial charge in [0.05, 0.1) is 21.8 Å². The Hall–Kier alpha value is -2.91. The Kier molecular flexibility index (Phi) is 7.44. The lowest BCUT2D eigenvalue weighted by Gasteiger charge is -2.18. The quantitative estimate of drug-likeness (QED) is 0.486. The molecule has 0 saturated carbocycles. The Morgan fingerprint density at radius 3 is 2.48 bits per heavy atom. The number of carbonyl (C=O) groups is 2. The molecule has 9 heteroatoms. The summed E-state index contributed by atoms with van der Waals surface area (Å²) in [5.74, 6) is -0.493. The lowest BCUT2D eigenvalue weighted by Crippen LogP contribution is -2.35. The smallest absolute Gasteiger partial charge is 0.256 e. The number of amides is 2. The molecule has 0 bridgehead atoms. The van der Waals surface area contributed by atoms with Crippen molar-refractivity contribution < 1.29 is 18.0 Å². The lowest BCUT2D eigenvalue weighted by molar-refractivity contribution is -0.110. The Morgan fingerprint density at radius 1 is 1.15 bits per heavy atom. The van der Waals surface area contributed by atoms with E-state index >= 15 is 0 Å². The van der Waals surface area contributed by atoms with Crippen LogP contribution in [0.1, 0.15) is 53.6 Å². The molecule has 0 unspecified atom stereocenters. The highest BCUT2D eigenvalue weighted by atomic mass is 32.2. The van der Waals surface area contributed by atoms with Crippen LogP contribution in [0.25, 0.3) is 11.6 Å². The number of aromatic nitrogens is 1. The van der Waals surface area contributed by atoms with Gasteiger partial charge in [0.1, 0.15) is 0 Å². The maximum atomic E-state index is 12.8. The molecule has 178 valence electrons. The van der Waals surface area contributed by atoms with E-state index in [4.69, 9.17) is 0 Å². The van der Waals surface area contributed by atoms with E-state index < -0.39 is 9.84 Å². The molecule has 1 aliphatic heterocycles. The largest absolute Gasteiger partial charge is 0.358 e. The first-order chi connectivity index (χ1) is 15.6. The molecule has 0 radical (unpaired) electrons. The number of aromatic amines is 1. The molecule has 3 rings (SSSR count). The maximum absolute atomic E-state index is 12.8. The summed E-state index contributed by atoms with van der Waals surface area (Å²) < 4.78 is 24.6. The summed E-state index contributed by atoms with van der Waals surface area (Å²) in [7, 11) is -3.41. The van der Waals surface area contributed by atoms with Crippen molar-refractivity contribution in [3.8, 4) is 0 Å². The molecular formula is C24H32N4O4S. The van der Waals surface area contributed by atoms with Gasteiger partial charge < -0.3 is 20.5 Å². The minimum Gasteiger partial charge on any atom is -0.358 e. The third kappa shape index (κ3) is 5.04. The predicted octanol–water partition coefficient (Wildman–Crippen LogP) is 2.99. The van der Waals surface area contributed by atoms with Crippen molar-refractivity contribution in [2.45, 2.75) is 39.5 Å². The van der Waals surface area contributed by atoms with Crippen LogP contribution >= 0.6 is 0 Å². The molecule has 0 fully saturated rings. The standard InChI is InChI=1S/C24H32N4O4S/c1-6-28(7-2)12-11-25-24(30)22-15(4)21(26-16(22)5)14-19-18-13-17(33(31,32)8-3)9-10-20(18)27-23(19)29/h9-10,13-14,26H,6-8,11-12H2,1-5H3,(H,25,30)(H,27,29)/b19-14-. The van der Waals surface area contributed by atoms with Crippen LogP contribution in [0.5, 0.6) is 0 Å². The zero-order valence-corrected chi connectivity index (χ0v) is 20.6. The van der Waals surface area contributed by atoms with Crippen molar-refractivity contribution in [2.75, 3.05) is 37.2 Å². The van der Waals surface area contributed by atoms with Gasteiger partial charge in [0, 0.05) is 35.7 Å². The Morgan fingerprint density at radius 2 is 1.85 bits per heavy atom. The van der Waals surface area contributed by atoms with E-state index in [0.29, 0.717) is 40.3 Å². The first-order valence-corrected chi connectivity index (χ1v) is 12.9. The second-order valence-electron chi connectivity index (χ2n) is 8.07. The number of aryl methyl sites for hydroxylation is 1. The zero-order chi connectivity index (χ0) is 24.3. The van der Waals surface area contributed by atoms with Gasteiger partial charge in [-0.2, -0.15) is 0 Å². The van der Waals surface area contributed by atoms with Crippen molar-refractivity contribution in [1.29, 1.82) is 0 Å². The molecule has 2 amide bonds. The number of likely N-dealkylation sites (N-methyl/N-ethyl adjacent to an activating group) is 1. The second kappa shape index (κ2) is 9.93. The van der Waals surface area contributed by atoms with E-state index in [1.54, 1.807) is 19.1 Å². The fourth-order valence-corrected chi connectivity index (χ4v) is 4.94. The summed E-state index contributed by atoms with van der Waals surface area (Å²) in [6.45, 7) is 12.6. The van der Waals surface area contributed by atoms with Crippen LogP contribution in [-0.2, 0) is 14.6 Å². The van der Waals surface area contributed by atoms with Gasteiger partial charge in [-0.1, -0.05) is 20.8 Å². The molecule has 2 aromatic rings. The van der Waals surface area contributed by atoms with E-state index in [1.807, 2.05) is 13.8 Å². The van der Waals surface area contributed by atoms with Crippen molar-refractivity contribution in [3.63, 3.8) is 0 Å². The molecule has 1 aromatic heterocycles. The number of anilines is 1. The summed E-state index contributed by atoms with van der Waals surface area (Å²) in [5, 5.41) is 5.75. The first-order valence-electron chi connectivity index (χ1n) is 11.2. The number of benzene rings is 1. The molecule has 0 atom stereocenters. The van der Waals surface area contributed by atoms with E-state index in [-0.39, 0.29) is 22.5 Å². The van der Waals surface area contributed by atoms with Crippen LogP contribution in [0.3, 0.4) is 0 Å². The third-order valence-corrected chi connectivity index (χ3v) is 7.85. The van der Waals surface area contributed by atoms with E-state index in [1.165, 1.54) is 12.1 Å². The number of rotatable bonds is 9. The number of H-pyrrole nitrogens is 1. The second-order valence-corrected chi connectivity index (χ2v) is 10.3. The van der Waals surface area contributed by atoms with Crippen molar-refractivity contribution >= 4 is 39.0 Å². The van der Waals surface area contributed by atoms with Gasteiger partial charge >= 0.3 is 0 Å². The summed E-state index contributed by atoms with van der Waals surface area (Å²) in [6.07, 6.45) is 1.68. The van der Waals surface area contributed by atoms with Gasteiger partial charge in [0.2, 0.25) is 0 Å². The van der Waals surface area contributed by atoms with Crippen molar-refractivity contribution in [1.82, 2.24) is 15.2 Å². The number of fused-ring (bicyclic) bond motifs is 1. The van der Waals surface area contributed by atoms with Crippen LogP contribution in [-0.4, -0.2) is 62.0 Å². The molecule has 1 aliphatic rings. The highest BCUT2D eigenvalue weighted by Crippen LogP contribution is 2.35. The van der Waals surface area contributed by atoms with E-state index in [2.05, 4.69) is 34.4 Å². The van der Waals surface area contributed by atoms with E-state index in [0.717, 1.165) is 25.2 Å². The van der Waals surface area contributed by atoms with Crippen LogP contribution < -0.4 is 10.6 Å². The molecular weight excluding hydrogens is 440 g/mol. The van der Waals surface area contributed by atoms with Gasteiger partial charge in [0.15, 0.2) is 9.84 Å². The van der Waals surface area contributed by atoms with Gasteiger partial charge in [0.25, 0.3) is 11.8 Å². The van der Waals surface area contributed by atoms with Gasteiger partial charge in [-0.3, -0.25) is 9.59 Å². The number of hydrogen-bond acceptors (Lipinski definition) is 5. The molecule has 0 spiro atoms. The predicted molar refractivity (Wildman–Crippen MR) is 131 cm³/mol. The fraction of sp³-hybridized carbons (Fsp3) is 0.417. The summed E-state index contributed by atoms with van der Waals surface area (Å²) in [6, 6.07) is 4.65.